The predicted octanol–water partition coefficient (Wildman–Crippen LogP) is 12.0. The van der Waals surface area contributed by atoms with Gasteiger partial charge in [-0.1, -0.05) is 116 Å². The van der Waals surface area contributed by atoms with E-state index in [0.717, 1.165) is 0 Å². The van der Waals surface area contributed by atoms with Gasteiger partial charge in [-0.3, -0.25) is 19.2 Å². The van der Waals surface area contributed by atoms with Crippen LogP contribution in [0.3, 0.4) is 0 Å². The third kappa shape index (κ3) is 10.6. The monoisotopic (exact) mass is 852 g/mol. The van der Waals surface area contributed by atoms with Gasteiger partial charge in [-0.2, -0.15) is 0 Å². The molecule has 0 amide bonds. The van der Waals surface area contributed by atoms with Crippen molar-refractivity contribution in [1.29, 1.82) is 0 Å². The number of rotatable bonds is 10. The lowest BCUT2D eigenvalue weighted by Gasteiger charge is -2.34. The van der Waals surface area contributed by atoms with Crippen molar-refractivity contribution >= 4 is 140 Å². The minimum atomic E-state index is -2.26. The van der Waals surface area contributed by atoms with Crippen molar-refractivity contribution in [2.75, 3.05) is 0 Å². The van der Waals surface area contributed by atoms with E-state index in [2.05, 4.69) is 0 Å². The summed E-state index contributed by atoms with van der Waals surface area (Å²) in [6.07, 6.45) is -2.41. The minimum Gasteiger partial charge on any atom is -0.459 e. The Bertz CT molecular complexity index is 1420. The highest BCUT2D eigenvalue weighted by Gasteiger charge is 2.51. The molecule has 0 heterocycles. The summed E-state index contributed by atoms with van der Waals surface area (Å²) in [7, 11) is 0. The third-order valence-electron chi connectivity index (χ3n) is 5.86. The van der Waals surface area contributed by atoms with Gasteiger partial charge in [-0.15, -0.1) is 0 Å². The molecule has 0 aliphatic carbocycles. The Kier molecular flexibility index (Phi) is 14.9. The number of carbonyl (C=O) groups is 4. The molecule has 0 spiro atoms. The maximum atomic E-state index is 13.8. The lowest BCUT2D eigenvalue weighted by molar-refractivity contribution is -0.187. The normalized spacial score (nSPS) is 12.1. The van der Waals surface area contributed by atoms with E-state index in [1.165, 1.54) is 0 Å². The van der Waals surface area contributed by atoms with Crippen LogP contribution < -0.4 is 9.47 Å². The van der Waals surface area contributed by atoms with Crippen LogP contribution in [0.2, 0.25) is 50.2 Å². The molecule has 0 unspecified atom stereocenters. The lowest BCUT2D eigenvalue weighted by Crippen LogP contribution is -2.47. The van der Waals surface area contributed by atoms with Crippen LogP contribution >= 0.6 is 116 Å². The highest BCUT2D eigenvalue weighted by Crippen LogP contribution is 2.50. The summed E-state index contributed by atoms with van der Waals surface area (Å²) in [6.45, 7) is 9.35. The maximum Gasteiger partial charge on any atom is 0.324 e. The average molecular weight is 857 g/mol. The molecular weight excluding hydrogens is 831 g/mol. The second-order valence-electron chi connectivity index (χ2n) is 11.8. The number of hydrogen-bond donors (Lipinski definition) is 0. The smallest absolute Gasteiger partial charge is 0.324 e. The number of halogens is 10. The van der Waals surface area contributed by atoms with Crippen LogP contribution in [0.4, 0.5) is 0 Å². The van der Waals surface area contributed by atoms with Crippen LogP contribution in [0.25, 0.3) is 0 Å². The van der Waals surface area contributed by atoms with Gasteiger partial charge in [-0.05, 0) is 54.4 Å². The molecule has 0 bridgehead atoms. The molecule has 47 heavy (non-hydrogen) atoms. The molecule has 0 radical (unpaired) electrons. The van der Waals surface area contributed by atoms with E-state index in [1.807, 2.05) is 0 Å². The molecule has 260 valence electrons. The number of esters is 4. The first-order valence-electron chi connectivity index (χ1n) is 13.3. The molecule has 0 fully saturated rings. The highest BCUT2D eigenvalue weighted by atomic mass is 35.5. The summed E-state index contributed by atoms with van der Waals surface area (Å²) in [5.41, 5.74) is -4.48. The van der Waals surface area contributed by atoms with Crippen molar-refractivity contribution in [2.24, 2.45) is 5.41 Å². The van der Waals surface area contributed by atoms with Crippen molar-refractivity contribution in [3.05, 3.63) is 50.2 Å². The standard InChI is InChI=1S/C29H26Cl10O8/c1-27(2,3)46-25(42)29(26(43)47-28(4,5)6,9-7-11(40)44-23-19(36)15(32)13(30)16(33)20(23)37)10-8-12(41)45-24-21(38)17(34)14(31)18(35)22(24)39/h7-10H2,1-6H3. The zero-order valence-corrected chi connectivity index (χ0v) is 32.9. The first-order chi connectivity index (χ1) is 21.3. The van der Waals surface area contributed by atoms with E-state index in [-0.39, 0.29) is 50.2 Å². The summed E-state index contributed by atoms with van der Waals surface area (Å²) in [6, 6.07) is 0. The zero-order chi connectivity index (χ0) is 36.4. The molecule has 2 aromatic carbocycles. The Morgan fingerprint density at radius 2 is 0.681 bits per heavy atom. The van der Waals surface area contributed by atoms with Crippen LogP contribution in [-0.4, -0.2) is 35.1 Å². The first-order valence-corrected chi connectivity index (χ1v) is 17.0. The van der Waals surface area contributed by atoms with Crippen LogP contribution in [0, 0.1) is 5.41 Å². The highest BCUT2D eigenvalue weighted by molar-refractivity contribution is 6.56. The van der Waals surface area contributed by atoms with E-state index in [1.54, 1.807) is 41.5 Å². The van der Waals surface area contributed by atoms with Gasteiger partial charge in [0.05, 0.1) is 30.1 Å². The SMILES string of the molecule is CC(C)(C)OC(=O)C(CCC(=O)Oc1c(Cl)c(Cl)c(Cl)c(Cl)c1Cl)(CCC(=O)Oc1c(Cl)c(Cl)c(Cl)c(Cl)c1Cl)C(=O)OC(C)(C)C. The largest absolute Gasteiger partial charge is 0.459 e. The van der Waals surface area contributed by atoms with Crippen LogP contribution in [-0.2, 0) is 28.7 Å². The summed E-state index contributed by atoms with van der Waals surface area (Å²) in [5, 5.41) is -2.52. The molecule has 2 aromatic rings. The number of carbonyl (C=O) groups excluding carboxylic acids is 4. The van der Waals surface area contributed by atoms with Gasteiger partial charge in [0, 0.05) is 12.8 Å². The summed E-state index contributed by atoms with van der Waals surface area (Å²) in [4.78, 5) is 53.8. The van der Waals surface area contributed by atoms with Crippen LogP contribution in [0.5, 0.6) is 11.5 Å². The van der Waals surface area contributed by atoms with Gasteiger partial charge in [-0.25, -0.2) is 0 Å². The fraction of sp³-hybridized carbons (Fsp3) is 0.448. The molecule has 0 aromatic heterocycles. The Morgan fingerprint density at radius 1 is 0.447 bits per heavy atom. The molecule has 0 atom stereocenters. The molecule has 0 saturated heterocycles. The summed E-state index contributed by atoms with van der Waals surface area (Å²) >= 11 is 61.0. The quantitative estimate of drug-likeness (QED) is 0.0765. The van der Waals surface area contributed by atoms with E-state index in [9.17, 15) is 19.2 Å². The van der Waals surface area contributed by atoms with Gasteiger partial charge < -0.3 is 18.9 Å². The molecule has 8 nitrogen and oxygen atoms in total. The van der Waals surface area contributed by atoms with Gasteiger partial charge >= 0.3 is 23.9 Å². The molecular formula is C29H26Cl10O8. The fourth-order valence-electron chi connectivity index (χ4n) is 3.68. The zero-order valence-electron chi connectivity index (χ0n) is 25.4. The number of benzene rings is 2. The molecule has 0 N–H and O–H groups in total. The first kappa shape index (κ1) is 42.4. The second kappa shape index (κ2) is 16.5. The Hall–Kier alpha value is -0.780. The van der Waals surface area contributed by atoms with E-state index >= 15 is 0 Å². The predicted molar refractivity (Wildman–Crippen MR) is 187 cm³/mol. The molecule has 18 heteroatoms. The Labute approximate surface area is 321 Å². The van der Waals surface area contributed by atoms with Crippen molar-refractivity contribution < 1.29 is 38.1 Å². The van der Waals surface area contributed by atoms with Gasteiger partial charge in [0.25, 0.3) is 0 Å². The Morgan fingerprint density at radius 3 is 0.915 bits per heavy atom. The van der Waals surface area contributed by atoms with Crippen molar-refractivity contribution in [2.45, 2.75) is 78.4 Å². The number of ether oxygens (including phenoxy) is 4. The minimum absolute atomic E-state index is 0.172. The van der Waals surface area contributed by atoms with Crippen LogP contribution in [0.1, 0.15) is 67.2 Å². The summed E-state index contributed by atoms with van der Waals surface area (Å²) in [5.74, 6) is -5.05. The van der Waals surface area contributed by atoms with Crippen molar-refractivity contribution in [1.82, 2.24) is 0 Å². The second-order valence-corrected chi connectivity index (χ2v) is 15.6. The van der Waals surface area contributed by atoms with Gasteiger partial charge in [0.2, 0.25) is 0 Å². The van der Waals surface area contributed by atoms with Gasteiger partial charge in [0.1, 0.15) is 31.3 Å². The van der Waals surface area contributed by atoms with Crippen molar-refractivity contribution in [3.8, 4) is 11.5 Å². The molecule has 0 aliphatic heterocycles. The Balaban J connectivity index is 2.52. The molecule has 0 saturated carbocycles. The summed E-state index contributed by atoms with van der Waals surface area (Å²) < 4.78 is 21.8. The van der Waals surface area contributed by atoms with Gasteiger partial charge in [0.15, 0.2) is 16.9 Å². The van der Waals surface area contributed by atoms with Crippen LogP contribution in [0.15, 0.2) is 0 Å². The van der Waals surface area contributed by atoms with Crippen molar-refractivity contribution in [3.63, 3.8) is 0 Å². The van der Waals surface area contributed by atoms with E-state index in [4.69, 9.17) is 135 Å². The fourth-order valence-corrected chi connectivity index (χ4v) is 6.07. The molecule has 0 aliphatic rings. The van der Waals surface area contributed by atoms with E-state index in [0.29, 0.717) is 0 Å². The maximum absolute atomic E-state index is 13.8. The average Bonchev–Trinajstić information content (AvgIpc) is 2.95. The van der Waals surface area contributed by atoms with E-state index < -0.39 is 77.7 Å². The third-order valence-corrected chi connectivity index (χ3v) is 10.3. The molecule has 2 rings (SSSR count). The topological polar surface area (TPSA) is 105 Å². The number of hydrogen-bond acceptors (Lipinski definition) is 8. The lowest BCUT2D eigenvalue weighted by atomic mass is 9.78.